The molecule has 1 aliphatic heterocycles. The van der Waals surface area contributed by atoms with Crippen LogP contribution in [0.1, 0.15) is 17.8 Å². The van der Waals surface area contributed by atoms with Gasteiger partial charge in [0, 0.05) is 35.8 Å². The third-order valence-corrected chi connectivity index (χ3v) is 4.97. The molecule has 4 heterocycles. The van der Waals surface area contributed by atoms with E-state index in [0.717, 1.165) is 22.0 Å². The van der Waals surface area contributed by atoms with Crippen LogP contribution >= 0.6 is 0 Å². The predicted octanol–water partition coefficient (Wildman–Crippen LogP) is 3.92. The first-order chi connectivity index (χ1) is 13.5. The molecule has 1 N–H and O–H groups in total. The quantitative estimate of drug-likeness (QED) is 0.569. The first-order valence-corrected chi connectivity index (χ1v) is 8.81. The summed E-state index contributed by atoms with van der Waals surface area (Å²) in [6.07, 6.45) is 0.274. The van der Waals surface area contributed by atoms with Crippen molar-refractivity contribution in [3.63, 3.8) is 0 Å². The highest BCUT2D eigenvalue weighted by molar-refractivity contribution is 5.93. The van der Waals surface area contributed by atoms with Crippen molar-refractivity contribution in [2.75, 3.05) is 18.0 Å². The zero-order chi connectivity index (χ0) is 19.3. The van der Waals surface area contributed by atoms with Crippen LogP contribution in [0, 0.1) is 0 Å². The number of aromatic amines is 1. The monoisotopic (exact) mass is 384 g/mol. The number of nitrogens with zero attached hydrogens (tertiary/aromatic N) is 5. The third-order valence-electron chi connectivity index (χ3n) is 4.97. The second-order valence-corrected chi connectivity index (χ2v) is 6.66. The minimum atomic E-state index is -4.60. The SMILES string of the molecule is FC(F)(F)c1nnc2ccc(N3CC=C(c4c[nH]c5ccccc45)CC3)nn12. The first-order valence-electron chi connectivity index (χ1n) is 8.81. The van der Waals surface area contributed by atoms with Gasteiger partial charge in [-0.1, -0.05) is 24.3 Å². The predicted molar refractivity (Wildman–Crippen MR) is 98.9 cm³/mol. The van der Waals surface area contributed by atoms with Gasteiger partial charge < -0.3 is 9.88 Å². The molecule has 0 aliphatic carbocycles. The lowest BCUT2D eigenvalue weighted by Crippen LogP contribution is -2.29. The fourth-order valence-corrected chi connectivity index (χ4v) is 3.58. The molecule has 6 nitrogen and oxygen atoms in total. The normalized spacial score (nSPS) is 15.4. The zero-order valence-corrected chi connectivity index (χ0v) is 14.6. The smallest absolute Gasteiger partial charge is 0.361 e. The lowest BCUT2D eigenvalue weighted by Gasteiger charge is -2.27. The molecule has 0 fully saturated rings. The molecular formula is C19H15F3N6. The molecule has 9 heteroatoms. The molecule has 0 radical (unpaired) electrons. The number of aromatic nitrogens is 5. The summed E-state index contributed by atoms with van der Waals surface area (Å²) in [5.74, 6) is -0.650. The van der Waals surface area contributed by atoms with Crippen molar-refractivity contribution in [3.05, 3.63) is 60.1 Å². The number of para-hydroxylation sites is 1. The van der Waals surface area contributed by atoms with E-state index in [4.69, 9.17) is 0 Å². The van der Waals surface area contributed by atoms with Gasteiger partial charge >= 0.3 is 6.18 Å². The standard InChI is InChI=1S/C19H15F3N6/c20-19(21,22)18-25-24-16-5-6-17(26-28(16)18)27-9-7-12(8-10-27)14-11-23-15-4-2-1-3-13(14)15/h1-7,11,23H,8-10H2. The van der Waals surface area contributed by atoms with Gasteiger partial charge in [0.1, 0.15) is 5.82 Å². The second-order valence-electron chi connectivity index (χ2n) is 6.66. The average Bonchev–Trinajstić information content (AvgIpc) is 3.31. The highest BCUT2D eigenvalue weighted by Gasteiger charge is 2.37. The van der Waals surface area contributed by atoms with Crippen molar-refractivity contribution >= 4 is 27.9 Å². The Balaban J connectivity index is 1.45. The van der Waals surface area contributed by atoms with Gasteiger partial charge in [0.2, 0.25) is 0 Å². The molecule has 0 bridgehead atoms. The molecule has 1 aliphatic rings. The number of alkyl halides is 3. The maximum absolute atomic E-state index is 13.1. The number of anilines is 1. The molecule has 0 saturated carbocycles. The Morgan fingerprint density at radius 2 is 1.89 bits per heavy atom. The van der Waals surface area contributed by atoms with E-state index in [9.17, 15) is 13.2 Å². The van der Waals surface area contributed by atoms with Crippen molar-refractivity contribution in [2.45, 2.75) is 12.6 Å². The molecule has 0 atom stereocenters. The summed E-state index contributed by atoms with van der Waals surface area (Å²) < 4.78 is 40.0. The van der Waals surface area contributed by atoms with Gasteiger partial charge in [-0.3, -0.25) is 0 Å². The van der Waals surface area contributed by atoms with Crippen molar-refractivity contribution in [1.82, 2.24) is 24.8 Å². The van der Waals surface area contributed by atoms with E-state index in [2.05, 4.69) is 32.4 Å². The number of rotatable bonds is 2. The van der Waals surface area contributed by atoms with Crippen molar-refractivity contribution < 1.29 is 13.2 Å². The van der Waals surface area contributed by atoms with Gasteiger partial charge in [-0.2, -0.15) is 17.7 Å². The van der Waals surface area contributed by atoms with E-state index in [1.54, 1.807) is 6.07 Å². The topological polar surface area (TPSA) is 62.1 Å². The maximum atomic E-state index is 13.1. The van der Waals surface area contributed by atoms with Gasteiger partial charge in [-0.15, -0.1) is 15.3 Å². The molecular weight excluding hydrogens is 369 g/mol. The van der Waals surface area contributed by atoms with Gasteiger partial charge in [0.05, 0.1) is 0 Å². The van der Waals surface area contributed by atoms with Gasteiger partial charge in [-0.25, -0.2) is 0 Å². The van der Waals surface area contributed by atoms with Crippen LogP contribution in [-0.2, 0) is 6.18 Å². The van der Waals surface area contributed by atoms with Crippen molar-refractivity contribution in [3.8, 4) is 0 Å². The number of halogens is 3. The number of nitrogens with one attached hydrogen (secondary N) is 1. The van der Waals surface area contributed by atoms with Crippen LogP contribution < -0.4 is 4.90 Å². The summed E-state index contributed by atoms with van der Waals surface area (Å²) >= 11 is 0. The molecule has 0 amide bonds. The maximum Gasteiger partial charge on any atom is 0.453 e. The average molecular weight is 384 g/mol. The van der Waals surface area contributed by atoms with Crippen LogP contribution in [0.4, 0.5) is 19.0 Å². The number of fused-ring (bicyclic) bond motifs is 2. The number of hydrogen-bond acceptors (Lipinski definition) is 4. The van der Waals surface area contributed by atoms with E-state index in [0.29, 0.717) is 18.9 Å². The minimum Gasteiger partial charge on any atom is -0.361 e. The molecule has 0 unspecified atom stereocenters. The van der Waals surface area contributed by atoms with Crippen LogP contribution in [0.5, 0.6) is 0 Å². The molecule has 3 aromatic heterocycles. The highest BCUT2D eigenvalue weighted by Crippen LogP contribution is 2.31. The van der Waals surface area contributed by atoms with Crippen LogP contribution in [-0.4, -0.2) is 37.9 Å². The Morgan fingerprint density at radius 1 is 1.04 bits per heavy atom. The van der Waals surface area contributed by atoms with E-state index < -0.39 is 12.0 Å². The molecule has 142 valence electrons. The van der Waals surface area contributed by atoms with Gasteiger partial charge in [0.15, 0.2) is 5.65 Å². The van der Waals surface area contributed by atoms with E-state index in [-0.39, 0.29) is 5.65 Å². The Kier molecular flexibility index (Phi) is 3.65. The summed E-state index contributed by atoms with van der Waals surface area (Å²) in [6, 6.07) is 11.3. The fourth-order valence-electron chi connectivity index (χ4n) is 3.58. The molecule has 5 rings (SSSR count). The summed E-state index contributed by atoms with van der Waals surface area (Å²) in [7, 11) is 0. The summed E-state index contributed by atoms with van der Waals surface area (Å²) in [4.78, 5) is 5.22. The molecule has 28 heavy (non-hydrogen) atoms. The molecule has 0 spiro atoms. The Morgan fingerprint density at radius 3 is 2.68 bits per heavy atom. The van der Waals surface area contributed by atoms with Crippen LogP contribution in [0.3, 0.4) is 0 Å². The van der Waals surface area contributed by atoms with E-state index in [1.165, 1.54) is 17.0 Å². The second kappa shape index (κ2) is 6.08. The fraction of sp³-hybridized carbons (Fsp3) is 0.211. The molecule has 0 saturated heterocycles. The van der Waals surface area contributed by atoms with Gasteiger partial charge in [0.25, 0.3) is 5.82 Å². The Hall–Kier alpha value is -3.36. The molecule has 4 aromatic rings. The molecule has 1 aromatic carbocycles. The van der Waals surface area contributed by atoms with Crippen LogP contribution in [0.15, 0.2) is 48.7 Å². The van der Waals surface area contributed by atoms with Crippen LogP contribution in [0.2, 0.25) is 0 Å². The largest absolute Gasteiger partial charge is 0.453 e. The van der Waals surface area contributed by atoms with Crippen molar-refractivity contribution in [1.29, 1.82) is 0 Å². The summed E-state index contributed by atoms with van der Waals surface area (Å²) in [5, 5.41) is 12.1. The minimum absolute atomic E-state index is 0.0723. The Bertz CT molecular complexity index is 1200. The number of hydrogen-bond donors (Lipinski definition) is 1. The first kappa shape index (κ1) is 16.8. The zero-order valence-electron chi connectivity index (χ0n) is 14.6. The lowest BCUT2D eigenvalue weighted by atomic mass is 9.99. The highest BCUT2D eigenvalue weighted by atomic mass is 19.4. The van der Waals surface area contributed by atoms with Crippen LogP contribution in [0.25, 0.3) is 22.1 Å². The van der Waals surface area contributed by atoms with Crippen molar-refractivity contribution in [2.24, 2.45) is 0 Å². The summed E-state index contributed by atoms with van der Waals surface area (Å²) in [5.41, 5.74) is 3.54. The Labute approximate surface area is 157 Å². The van der Waals surface area contributed by atoms with E-state index >= 15 is 0 Å². The number of H-pyrrole nitrogens is 1. The lowest BCUT2D eigenvalue weighted by molar-refractivity contribution is -0.146. The third kappa shape index (κ3) is 2.70. The van der Waals surface area contributed by atoms with Gasteiger partial charge in [-0.05, 0) is 30.2 Å². The summed E-state index contributed by atoms with van der Waals surface area (Å²) in [6.45, 7) is 1.23. The van der Waals surface area contributed by atoms with E-state index in [1.807, 2.05) is 29.3 Å². The number of benzene rings is 1.